The van der Waals surface area contributed by atoms with E-state index >= 15 is 0 Å². The molecule has 148 valence electrons. The Bertz CT molecular complexity index is 901. The van der Waals surface area contributed by atoms with Crippen LogP contribution in [-0.2, 0) is 22.3 Å². The van der Waals surface area contributed by atoms with Crippen LogP contribution in [0.2, 0.25) is 0 Å². The van der Waals surface area contributed by atoms with Crippen LogP contribution in [-0.4, -0.2) is 30.3 Å². The summed E-state index contributed by atoms with van der Waals surface area (Å²) in [7, 11) is 1.42. The molecule has 2 amide bonds. The molecule has 2 aromatic rings. The summed E-state index contributed by atoms with van der Waals surface area (Å²) in [6.07, 6.45) is -4.17. The van der Waals surface area contributed by atoms with E-state index in [-0.39, 0.29) is 18.0 Å². The second-order valence-corrected chi connectivity index (χ2v) is 7.58. The van der Waals surface area contributed by atoms with E-state index in [0.29, 0.717) is 18.7 Å². The predicted molar refractivity (Wildman–Crippen MR) is 103 cm³/mol. The molecule has 1 saturated heterocycles. The van der Waals surface area contributed by atoms with Gasteiger partial charge in [-0.1, -0.05) is 40.2 Å². The molecule has 1 heterocycles. The van der Waals surface area contributed by atoms with Gasteiger partial charge in [-0.15, -0.1) is 0 Å². The largest absolute Gasteiger partial charge is 0.416 e. The van der Waals surface area contributed by atoms with Gasteiger partial charge in [0.2, 0.25) is 11.8 Å². The molecule has 0 aliphatic carbocycles. The van der Waals surface area contributed by atoms with Crippen LogP contribution >= 0.6 is 15.9 Å². The molecule has 3 rings (SSSR count). The summed E-state index contributed by atoms with van der Waals surface area (Å²) in [6, 6.07) is 12.3. The highest BCUT2D eigenvalue weighted by Crippen LogP contribution is 2.33. The second kappa shape index (κ2) is 7.95. The lowest BCUT2D eigenvalue weighted by Gasteiger charge is -2.23. The zero-order chi connectivity index (χ0) is 20.5. The average molecular weight is 455 g/mol. The Morgan fingerprint density at radius 2 is 1.93 bits per heavy atom. The van der Waals surface area contributed by atoms with Gasteiger partial charge in [0.1, 0.15) is 5.92 Å². The molecule has 1 fully saturated rings. The van der Waals surface area contributed by atoms with E-state index in [1.165, 1.54) is 35.0 Å². The van der Waals surface area contributed by atoms with E-state index < -0.39 is 23.6 Å². The third kappa shape index (κ3) is 4.22. The number of carbonyl (C=O) groups excluding carboxylic acids is 2. The van der Waals surface area contributed by atoms with Gasteiger partial charge in [0.25, 0.3) is 0 Å². The molecule has 0 spiro atoms. The molecule has 1 aliphatic rings. The minimum atomic E-state index is -4.50. The number of hydrogen-bond acceptors (Lipinski definition) is 2. The SMILES string of the molecule is CN(Cc1ccccc1C(F)(F)F)C(=O)[C@@H]1CCN(c2cccc(Br)c2)C1=O. The normalized spacial score (nSPS) is 17.1. The third-order valence-corrected chi connectivity index (χ3v) is 5.22. The summed E-state index contributed by atoms with van der Waals surface area (Å²) in [4.78, 5) is 28.2. The summed E-state index contributed by atoms with van der Waals surface area (Å²) in [5.74, 6) is -1.69. The molecular weight excluding hydrogens is 437 g/mol. The Balaban J connectivity index is 1.74. The van der Waals surface area contributed by atoms with Crippen molar-refractivity contribution in [1.29, 1.82) is 0 Å². The van der Waals surface area contributed by atoms with Gasteiger partial charge in [0.15, 0.2) is 0 Å². The van der Waals surface area contributed by atoms with E-state index in [9.17, 15) is 22.8 Å². The fourth-order valence-electron chi connectivity index (χ4n) is 3.34. The van der Waals surface area contributed by atoms with Crippen molar-refractivity contribution in [2.75, 3.05) is 18.5 Å². The van der Waals surface area contributed by atoms with Crippen LogP contribution in [0.5, 0.6) is 0 Å². The van der Waals surface area contributed by atoms with Crippen LogP contribution in [0.3, 0.4) is 0 Å². The maximum absolute atomic E-state index is 13.2. The first kappa shape index (κ1) is 20.4. The van der Waals surface area contributed by atoms with Crippen molar-refractivity contribution in [3.63, 3.8) is 0 Å². The molecule has 1 aliphatic heterocycles. The Labute approximate surface area is 169 Å². The highest BCUT2D eigenvalue weighted by molar-refractivity contribution is 9.10. The molecule has 0 bridgehead atoms. The number of benzene rings is 2. The van der Waals surface area contributed by atoms with Crippen LogP contribution in [0, 0.1) is 5.92 Å². The number of rotatable bonds is 4. The molecule has 0 N–H and O–H groups in total. The minimum Gasteiger partial charge on any atom is -0.341 e. The van der Waals surface area contributed by atoms with Crippen LogP contribution in [0.25, 0.3) is 0 Å². The standard InChI is InChI=1S/C20H18BrF3N2O2/c1-25(12-13-5-2-3-8-17(13)20(22,23)24)18(27)16-9-10-26(19(16)28)15-7-4-6-14(21)11-15/h2-8,11,16H,9-10,12H2,1H3/t16-/m0/s1. The highest BCUT2D eigenvalue weighted by atomic mass is 79.9. The highest BCUT2D eigenvalue weighted by Gasteiger charge is 2.39. The monoisotopic (exact) mass is 454 g/mol. The van der Waals surface area contributed by atoms with Crippen molar-refractivity contribution in [3.8, 4) is 0 Å². The Hall–Kier alpha value is -2.35. The first-order valence-electron chi connectivity index (χ1n) is 8.65. The van der Waals surface area contributed by atoms with E-state index in [1.807, 2.05) is 6.07 Å². The lowest BCUT2D eigenvalue weighted by molar-refractivity contribution is -0.142. The van der Waals surface area contributed by atoms with E-state index in [2.05, 4.69) is 15.9 Å². The number of anilines is 1. The minimum absolute atomic E-state index is 0.000131. The van der Waals surface area contributed by atoms with Crippen LogP contribution < -0.4 is 4.90 Å². The number of nitrogens with zero attached hydrogens (tertiary/aromatic N) is 2. The van der Waals surface area contributed by atoms with Crippen molar-refractivity contribution < 1.29 is 22.8 Å². The predicted octanol–water partition coefficient (Wildman–Crippen LogP) is 4.48. The second-order valence-electron chi connectivity index (χ2n) is 6.66. The maximum Gasteiger partial charge on any atom is 0.416 e. The molecule has 8 heteroatoms. The van der Waals surface area contributed by atoms with Gasteiger partial charge in [-0.3, -0.25) is 9.59 Å². The molecule has 0 radical (unpaired) electrons. The molecule has 4 nitrogen and oxygen atoms in total. The van der Waals surface area contributed by atoms with Crippen molar-refractivity contribution >= 4 is 33.4 Å². The fraction of sp³-hybridized carbons (Fsp3) is 0.300. The first-order valence-corrected chi connectivity index (χ1v) is 9.45. The molecule has 2 aromatic carbocycles. The van der Waals surface area contributed by atoms with E-state index in [0.717, 1.165) is 10.5 Å². The average Bonchev–Trinajstić information content (AvgIpc) is 3.02. The fourth-order valence-corrected chi connectivity index (χ4v) is 3.73. The smallest absolute Gasteiger partial charge is 0.341 e. The summed E-state index contributed by atoms with van der Waals surface area (Å²) in [5.41, 5.74) is -0.0944. The quantitative estimate of drug-likeness (QED) is 0.639. The Kier molecular flexibility index (Phi) is 5.79. The van der Waals surface area contributed by atoms with Crippen molar-refractivity contribution in [2.24, 2.45) is 5.92 Å². The van der Waals surface area contributed by atoms with Gasteiger partial charge in [0.05, 0.1) is 5.56 Å². The van der Waals surface area contributed by atoms with Gasteiger partial charge in [-0.2, -0.15) is 13.2 Å². The van der Waals surface area contributed by atoms with Crippen LogP contribution in [0.15, 0.2) is 53.0 Å². The van der Waals surface area contributed by atoms with Gasteiger partial charge in [-0.05, 0) is 36.2 Å². The molecule has 0 unspecified atom stereocenters. The zero-order valence-electron chi connectivity index (χ0n) is 15.0. The number of carbonyl (C=O) groups is 2. The summed E-state index contributed by atoms with van der Waals surface area (Å²) < 4.78 is 40.3. The summed E-state index contributed by atoms with van der Waals surface area (Å²) >= 11 is 3.35. The van der Waals surface area contributed by atoms with Gasteiger partial charge in [0, 0.05) is 30.3 Å². The van der Waals surface area contributed by atoms with E-state index in [4.69, 9.17) is 0 Å². The van der Waals surface area contributed by atoms with Gasteiger partial charge in [-0.25, -0.2) is 0 Å². The maximum atomic E-state index is 13.2. The zero-order valence-corrected chi connectivity index (χ0v) is 16.6. The molecule has 28 heavy (non-hydrogen) atoms. The third-order valence-electron chi connectivity index (χ3n) is 4.73. The Morgan fingerprint density at radius 1 is 1.21 bits per heavy atom. The van der Waals surface area contributed by atoms with Gasteiger partial charge >= 0.3 is 6.18 Å². The summed E-state index contributed by atoms with van der Waals surface area (Å²) in [5, 5.41) is 0. The molecular formula is C20H18BrF3N2O2. The first-order chi connectivity index (χ1) is 13.2. The van der Waals surface area contributed by atoms with Crippen LogP contribution in [0.1, 0.15) is 17.5 Å². The summed E-state index contributed by atoms with van der Waals surface area (Å²) in [6.45, 7) is 0.174. The van der Waals surface area contributed by atoms with Gasteiger partial charge < -0.3 is 9.80 Å². The number of hydrogen-bond donors (Lipinski definition) is 0. The van der Waals surface area contributed by atoms with Crippen LogP contribution in [0.4, 0.5) is 18.9 Å². The van der Waals surface area contributed by atoms with Crippen molar-refractivity contribution in [3.05, 3.63) is 64.1 Å². The van der Waals surface area contributed by atoms with Crippen molar-refractivity contribution in [1.82, 2.24) is 4.90 Å². The number of halogens is 4. The van der Waals surface area contributed by atoms with Crippen molar-refractivity contribution in [2.45, 2.75) is 19.1 Å². The number of alkyl halides is 3. The Morgan fingerprint density at radius 3 is 2.61 bits per heavy atom. The van der Waals surface area contributed by atoms with E-state index in [1.54, 1.807) is 18.2 Å². The lowest BCUT2D eigenvalue weighted by Crippen LogP contribution is -2.38. The number of amides is 2. The molecule has 1 atom stereocenters. The molecule has 0 aromatic heterocycles. The topological polar surface area (TPSA) is 40.6 Å². The lowest BCUT2D eigenvalue weighted by atomic mass is 10.0. The molecule has 0 saturated carbocycles.